The molecular weight excluding hydrogens is 313 g/mol. The van der Waals surface area contributed by atoms with Gasteiger partial charge in [-0.2, -0.15) is 0 Å². The van der Waals surface area contributed by atoms with Gasteiger partial charge in [0.15, 0.2) is 0 Å². The van der Waals surface area contributed by atoms with Gasteiger partial charge in [-0.15, -0.1) is 11.8 Å². The molecule has 20 heavy (non-hydrogen) atoms. The largest absolute Gasteiger partial charge is 0.394 e. The quantitative estimate of drug-likeness (QED) is 0.510. The maximum atomic E-state index is 9.59. The lowest BCUT2D eigenvalue weighted by Gasteiger charge is -2.31. The Balaban J connectivity index is 2.41. The molecule has 1 aromatic carbocycles. The number of aliphatic hydroxyl groups is 1. The lowest BCUT2D eigenvalue weighted by molar-refractivity contribution is 0.148. The summed E-state index contributed by atoms with van der Waals surface area (Å²) in [4.78, 5) is 1.13. The third-order valence-corrected chi connectivity index (χ3v) is 5.31. The highest BCUT2D eigenvalue weighted by molar-refractivity contribution is 7.99. The Morgan fingerprint density at radius 2 is 2.00 bits per heavy atom. The topological polar surface area (TPSA) is 32.3 Å². The molecule has 0 fully saturated rings. The van der Waals surface area contributed by atoms with Gasteiger partial charge in [-0.05, 0) is 49.8 Å². The lowest BCUT2D eigenvalue weighted by atomic mass is 9.91. The highest BCUT2D eigenvalue weighted by Crippen LogP contribution is 2.29. The standard InChI is InChI=1S/C15H23Cl2NOS/c1-3-15(11-19,18-4-2)8-5-9-20-12-6-7-13(16)14(17)10-12/h6-7,10,18-19H,3-5,8-9,11H2,1-2H3. The second kappa shape index (κ2) is 9.16. The fourth-order valence-electron chi connectivity index (χ4n) is 2.18. The number of halogens is 2. The Morgan fingerprint density at radius 3 is 2.55 bits per heavy atom. The van der Waals surface area contributed by atoms with Crippen LogP contribution in [0.1, 0.15) is 33.1 Å². The van der Waals surface area contributed by atoms with Crippen molar-refractivity contribution in [3.63, 3.8) is 0 Å². The van der Waals surface area contributed by atoms with Crippen LogP contribution in [0.3, 0.4) is 0 Å². The first-order valence-electron chi connectivity index (χ1n) is 7.00. The van der Waals surface area contributed by atoms with Crippen molar-refractivity contribution >= 4 is 35.0 Å². The average Bonchev–Trinajstić information content (AvgIpc) is 2.46. The molecule has 0 heterocycles. The molecule has 1 atom stereocenters. The molecule has 0 spiro atoms. The SMILES string of the molecule is CCNC(CC)(CO)CCCSc1ccc(Cl)c(Cl)c1. The van der Waals surface area contributed by atoms with E-state index in [1.165, 1.54) is 0 Å². The minimum absolute atomic E-state index is 0.132. The summed E-state index contributed by atoms with van der Waals surface area (Å²) in [5, 5.41) is 14.2. The van der Waals surface area contributed by atoms with Crippen LogP contribution >= 0.6 is 35.0 Å². The minimum Gasteiger partial charge on any atom is -0.394 e. The summed E-state index contributed by atoms with van der Waals surface area (Å²) in [6.45, 7) is 5.26. The fraction of sp³-hybridized carbons (Fsp3) is 0.600. The Morgan fingerprint density at radius 1 is 1.25 bits per heavy atom. The molecule has 114 valence electrons. The van der Waals surface area contributed by atoms with Gasteiger partial charge in [0.1, 0.15) is 0 Å². The molecule has 5 heteroatoms. The summed E-state index contributed by atoms with van der Waals surface area (Å²) in [5.41, 5.74) is -0.132. The third kappa shape index (κ3) is 5.45. The number of aliphatic hydroxyl groups excluding tert-OH is 1. The van der Waals surface area contributed by atoms with Gasteiger partial charge in [-0.1, -0.05) is 37.0 Å². The number of nitrogens with one attached hydrogen (secondary N) is 1. The van der Waals surface area contributed by atoms with Gasteiger partial charge in [0, 0.05) is 10.4 Å². The van der Waals surface area contributed by atoms with Crippen LogP contribution in [0, 0.1) is 0 Å². The van der Waals surface area contributed by atoms with Gasteiger partial charge in [-0.3, -0.25) is 0 Å². The first kappa shape index (κ1) is 18.1. The van der Waals surface area contributed by atoms with Crippen LogP contribution in [-0.4, -0.2) is 29.5 Å². The Bertz CT molecular complexity index is 411. The first-order chi connectivity index (χ1) is 9.56. The van der Waals surface area contributed by atoms with E-state index in [0.717, 1.165) is 36.5 Å². The van der Waals surface area contributed by atoms with Crippen molar-refractivity contribution in [1.82, 2.24) is 5.32 Å². The summed E-state index contributed by atoms with van der Waals surface area (Å²) in [6.07, 6.45) is 2.96. The maximum Gasteiger partial charge on any atom is 0.0613 e. The number of likely N-dealkylation sites (N-methyl/N-ethyl adjacent to an activating group) is 1. The molecule has 2 N–H and O–H groups in total. The van der Waals surface area contributed by atoms with Crippen molar-refractivity contribution < 1.29 is 5.11 Å². The third-order valence-electron chi connectivity index (χ3n) is 3.49. The van der Waals surface area contributed by atoms with Gasteiger partial charge < -0.3 is 10.4 Å². The van der Waals surface area contributed by atoms with Gasteiger partial charge in [-0.25, -0.2) is 0 Å². The molecule has 0 aliphatic rings. The smallest absolute Gasteiger partial charge is 0.0613 e. The van der Waals surface area contributed by atoms with Gasteiger partial charge in [0.25, 0.3) is 0 Å². The van der Waals surface area contributed by atoms with Crippen molar-refractivity contribution in [2.75, 3.05) is 18.9 Å². The molecule has 0 aromatic heterocycles. The number of benzene rings is 1. The number of rotatable bonds is 9. The molecule has 1 rings (SSSR count). The molecule has 1 unspecified atom stereocenters. The molecule has 0 saturated carbocycles. The van der Waals surface area contributed by atoms with Gasteiger partial charge in [0.2, 0.25) is 0 Å². The molecule has 0 radical (unpaired) electrons. The second-order valence-corrected chi connectivity index (χ2v) is 6.83. The summed E-state index contributed by atoms with van der Waals surface area (Å²) in [6, 6.07) is 5.72. The van der Waals surface area contributed by atoms with Crippen LogP contribution in [0.25, 0.3) is 0 Å². The molecule has 0 amide bonds. The zero-order chi connectivity index (χ0) is 15.0. The van der Waals surface area contributed by atoms with Crippen LogP contribution in [0.5, 0.6) is 0 Å². The lowest BCUT2D eigenvalue weighted by Crippen LogP contribution is -2.48. The molecule has 0 bridgehead atoms. The van der Waals surface area contributed by atoms with Crippen molar-refractivity contribution in [2.45, 2.75) is 43.5 Å². The van der Waals surface area contributed by atoms with Crippen LogP contribution in [0.2, 0.25) is 10.0 Å². The normalized spacial score (nSPS) is 14.2. The van der Waals surface area contributed by atoms with Crippen LogP contribution in [0.15, 0.2) is 23.1 Å². The molecule has 0 saturated heterocycles. The Hall–Kier alpha value is 0.0700. The van der Waals surface area contributed by atoms with E-state index in [0.29, 0.717) is 10.0 Å². The van der Waals surface area contributed by atoms with Crippen molar-refractivity contribution in [1.29, 1.82) is 0 Å². The maximum absolute atomic E-state index is 9.59. The highest BCUT2D eigenvalue weighted by atomic mass is 35.5. The van der Waals surface area contributed by atoms with Gasteiger partial charge >= 0.3 is 0 Å². The molecule has 0 aliphatic heterocycles. The predicted molar refractivity (Wildman–Crippen MR) is 90.2 cm³/mol. The molecular formula is C15H23Cl2NOS. The van der Waals surface area contributed by atoms with E-state index in [1.54, 1.807) is 11.8 Å². The molecule has 2 nitrogen and oxygen atoms in total. The summed E-state index contributed by atoms with van der Waals surface area (Å²) >= 11 is 13.7. The van der Waals surface area contributed by atoms with Crippen LogP contribution < -0.4 is 5.32 Å². The predicted octanol–water partition coefficient (Wildman–Crippen LogP) is 4.62. The zero-order valence-corrected chi connectivity index (χ0v) is 14.4. The number of thioether (sulfide) groups is 1. The van der Waals surface area contributed by atoms with Crippen molar-refractivity contribution in [2.24, 2.45) is 0 Å². The summed E-state index contributed by atoms with van der Waals surface area (Å²) in [7, 11) is 0. The monoisotopic (exact) mass is 335 g/mol. The van der Waals surface area contributed by atoms with E-state index in [4.69, 9.17) is 23.2 Å². The summed E-state index contributed by atoms with van der Waals surface area (Å²) < 4.78 is 0. The average molecular weight is 336 g/mol. The second-order valence-electron chi connectivity index (χ2n) is 4.85. The van der Waals surface area contributed by atoms with Gasteiger partial charge in [0.05, 0.1) is 16.7 Å². The van der Waals surface area contributed by atoms with E-state index < -0.39 is 0 Å². The first-order valence-corrected chi connectivity index (χ1v) is 8.74. The highest BCUT2D eigenvalue weighted by Gasteiger charge is 2.25. The van der Waals surface area contributed by atoms with E-state index in [9.17, 15) is 5.11 Å². The molecule has 1 aromatic rings. The van der Waals surface area contributed by atoms with Crippen molar-refractivity contribution in [3.05, 3.63) is 28.2 Å². The number of hydrogen-bond donors (Lipinski definition) is 2. The van der Waals surface area contributed by atoms with Crippen LogP contribution in [-0.2, 0) is 0 Å². The zero-order valence-electron chi connectivity index (χ0n) is 12.1. The van der Waals surface area contributed by atoms with Crippen LogP contribution in [0.4, 0.5) is 0 Å². The van der Waals surface area contributed by atoms with E-state index in [2.05, 4.69) is 19.2 Å². The fourth-order valence-corrected chi connectivity index (χ4v) is 3.43. The minimum atomic E-state index is -0.132. The van der Waals surface area contributed by atoms with E-state index >= 15 is 0 Å². The number of hydrogen-bond acceptors (Lipinski definition) is 3. The van der Waals surface area contributed by atoms with E-state index in [1.807, 2.05) is 18.2 Å². The van der Waals surface area contributed by atoms with Crippen molar-refractivity contribution in [3.8, 4) is 0 Å². The Kier molecular flexibility index (Phi) is 8.30. The summed E-state index contributed by atoms with van der Waals surface area (Å²) in [5.74, 6) is 1.01. The Labute approximate surface area is 136 Å². The van der Waals surface area contributed by atoms with E-state index in [-0.39, 0.29) is 12.1 Å². The molecule has 0 aliphatic carbocycles.